The molecule has 0 amide bonds. The molecule has 124 valence electrons. The monoisotopic (exact) mass is 359 g/mol. The quantitative estimate of drug-likeness (QED) is 0.890. The van der Waals surface area contributed by atoms with Crippen LogP contribution in [0.15, 0.2) is 34.7 Å². The summed E-state index contributed by atoms with van der Waals surface area (Å²) in [6.07, 6.45) is 3.40. The van der Waals surface area contributed by atoms with Crippen LogP contribution in [0.3, 0.4) is 0 Å². The molecule has 1 atom stereocenters. The predicted octanol–water partition coefficient (Wildman–Crippen LogP) is 2.37. The zero-order valence-corrected chi connectivity index (χ0v) is 13.7. The molecular formula is C14H15F2N3O2S2. The van der Waals surface area contributed by atoms with Crippen molar-refractivity contribution < 1.29 is 17.2 Å². The summed E-state index contributed by atoms with van der Waals surface area (Å²) < 4.78 is 54.1. The first-order valence-electron chi connectivity index (χ1n) is 7.09. The fraction of sp³-hybridized carbons (Fsp3) is 0.357. The summed E-state index contributed by atoms with van der Waals surface area (Å²) in [7, 11) is -4.25. The van der Waals surface area contributed by atoms with Crippen molar-refractivity contribution in [2.24, 2.45) is 0 Å². The highest BCUT2D eigenvalue weighted by molar-refractivity contribution is 7.89. The van der Waals surface area contributed by atoms with E-state index in [1.54, 1.807) is 6.20 Å². The van der Waals surface area contributed by atoms with Crippen molar-refractivity contribution in [3.8, 4) is 0 Å². The van der Waals surface area contributed by atoms with Gasteiger partial charge in [0.05, 0.1) is 0 Å². The minimum absolute atomic E-state index is 0.0780. The molecule has 3 rings (SSSR count). The Kier molecular flexibility index (Phi) is 4.60. The molecule has 23 heavy (non-hydrogen) atoms. The van der Waals surface area contributed by atoms with Crippen molar-refractivity contribution in [3.05, 3.63) is 41.4 Å². The maximum atomic E-state index is 13.7. The third kappa shape index (κ3) is 3.36. The lowest BCUT2D eigenvalue weighted by Gasteiger charge is -2.24. The van der Waals surface area contributed by atoms with Gasteiger partial charge in [-0.15, -0.1) is 11.3 Å². The molecule has 1 aliphatic heterocycles. The van der Waals surface area contributed by atoms with Crippen LogP contribution in [0.1, 0.15) is 12.8 Å². The van der Waals surface area contributed by atoms with Gasteiger partial charge in [-0.1, -0.05) is 6.07 Å². The summed E-state index contributed by atoms with van der Waals surface area (Å²) in [5, 5.41) is 2.67. The minimum Gasteiger partial charge on any atom is -0.344 e. The molecule has 0 saturated carbocycles. The highest BCUT2D eigenvalue weighted by Crippen LogP contribution is 2.27. The molecule has 1 aromatic carbocycles. The number of rotatable bonds is 5. The summed E-state index contributed by atoms with van der Waals surface area (Å²) in [6.45, 7) is 0.865. The van der Waals surface area contributed by atoms with Gasteiger partial charge in [-0.2, -0.15) is 0 Å². The number of anilines is 1. The second-order valence-corrected chi connectivity index (χ2v) is 7.78. The van der Waals surface area contributed by atoms with Gasteiger partial charge in [0.15, 0.2) is 10.0 Å². The number of nitrogens with zero attached hydrogens (tertiary/aromatic N) is 2. The third-order valence-electron chi connectivity index (χ3n) is 3.74. The Morgan fingerprint density at radius 1 is 1.35 bits per heavy atom. The molecule has 1 unspecified atom stereocenters. The average Bonchev–Trinajstić information content (AvgIpc) is 3.16. The summed E-state index contributed by atoms with van der Waals surface area (Å²) in [6, 6.07) is 2.90. The van der Waals surface area contributed by atoms with E-state index in [1.165, 1.54) is 11.3 Å². The molecule has 1 saturated heterocycles. The van der Waals surface area contributed by atoms with Crippen LogP contribution in [0.25, 0.3) is 0 Å². The average molecular weight is 359 g/mol. The number of aromatic nitrogens is 1. The molecule has 0 spiro atoms. The largest absolute Gasteiger partial charge is 0.344 e. The van der Waals surface area contributed by atoms with Crippen LogP contribution in [0.2, 0.25) is 0 Å². The number of hydrogen-bond acceptors (Lipinski definition) is 5. The van der Waals surface area contributed by atoms with Crippen LogP contribution in [-0.4, -0.2) is 32.5 Å². The van der Waals surface area contributed by atoms with E-state index < -0.39 is 26.6 Å². The van der Waals surface area contributed by atoms with Gasteiger partial charge in [-0.3, -0.25) is 0 Å². The zero-order valence-electron chi connectivity index (χ0n) is 12.1. The van der Waals surface area contributed by atoms with E-state index in [-0.39, 0.29) is 12.6 Å². The molecule has 1 N–H and O–H groups in total. The fourth-order valence-corrected chi connectivity index (χ4v) is 4.62. The van der Waals surface area contributed by atoms with E-state index >= 15 is 0 Å². The number of halogens is 2. The first-order valence-corrected chi connectivity index (χ1v) is 9.45. The van der Waals surface area contributed by atoms with Crippen molar-refractivity contribution >= 4 is 26.5 Å². The first-order chi connectivity index (χ1) is 11.0. The lowest BCUT2D eigenvalue weighted by atomic mass is 10.2. The summed E-state index contributed by atoms with van der Waals surface area (Å²) >= 11 is 1.48. The Balaban J connectivity index is 1.74. The van der Waals surface area contributed by atoms with Crippen LogP contribution in [0.4, 0.5) is 13.9 Å². The molecule has 1 aliphatic rings. The molecule has 0 bridgehead atoms. The second-order valence-electron chi connectivity index (χ2n) is 5.21. The van der Waals surface area contributed by atoms with E-state index in [9.17, 15) is 17.2 Å². The zero-order chi connectivity index (χ0) is 16.4. The van der Waals surface area contributed by atoms with E-state index in [1.807, 2.05) is 10.3 Å². The topological polar surface area (TPSA) is 62.3 Å². The molecular weight excluding hydrogens is 344 g/mol. The highest BCUT2D eigenvalue weighted by atomic mass is 32.2. The number of benzene rings is 1. The van der Waals surface area contributed by atoms with Crippen LogP contribution in [0.5, 0.6) is 0 Å². The lowest BCUT2D eigenvalue weighted by molar-refractivity contribution is 0.510. The van der Waals surface area contributed by atoms with Gasteiger partial charge in [-0.25, -0.2) is 26.9 Å². The number of nitrogens with one attached hydrogen (secondary N) is 1. The second kappa shape index (κ2) is 6.50. The van der Waals surface area contributed by atoms with E-state index in [0.717, 1.165) is 42.7 Å². The van der Waals surface area contributed by atoms with E-state index in [2.05, 4.69) is 9.71 Å². The van der Waals surface area contributed by atoms with Crippen molar-refractivity contribution in [1.82, 2.24) is 9.71 Å². The molecule has 2 heterocycles. The summed E-state index contributed by atoms with van der Waals surface area (Å²) in [4.78, 5) is 5.31. The highest BCUT2D eigenvalue weighted by Gasteiger charge is 2.29. The fourth-order valence-electron chi connectivity index (χ4n) is 2.67. The van der Waals surface area contributed by atoms with Gasteiger partial charge in [-0.05, 0) is 25.0 Å². The van der Waals surface area contributed by atoms with Gasteiger partial charge in [0.2, 0.25) is 10.0 Å². The van der Waals surface area contributed by atoms with Crippen LogP contribution in [-0.2, 0) is 10.0 Å². The number of thiazole rings is 1. The lowest BCUT2D eigenvalue weighted by Crippen LogP contribution is -2.40. The molecule has 2 aromatic rings. The van der Waals surface area contributed by atoms with Gasteiger partial charge < -0.3 is 4.90 Å². The van der Waals surface area contributed by atoms with Crippen molar-refractivity contribution in [2.45, 2.75) is 23.8 Å². The number of sulfonamides is 1. The van der Waals surface area contributed by atoms with E-state index in [0.29, 0.717) is 0 Å². The Hall–Kier alpha value is -1.58. The minimum atomic E-state index is -4.25. The SMILES string of the molecule is O=S(=O)(NCC1CCCN1c1nccs1)c1c(F)cccc1F. The smallest absolute Gasteiger partial charge is 0.246 e. The van der Waals surface area contributed by atoms with E-state index in [4.69, 9.17) is 0 Å². The Morgan fingerprint density at radius 2 is 2.09 bits per heavy atom. The molecule has 1 aromatic heterocycles. The van der Waals surface area contributed by atoms with Crippen molar-refractivity contribution in [3.63, 3.8) is 0 Å². The van der Waals surface area contributed by atoms with Crippen molar-refractivity contribution in [2.75, 3.05) is 18.0 Å². The number of hydrogen-bond donors (Lipinski definition) is 1. The van der Waals surface area contributed by atoms with Crippen LogP contribution in [0, 0.1) is 11.6 Å². The Bertz CT molecular complexity index is 761. The van der Waals surface area contributed by atoms with Gasteiger partial charge >= 0.3 is 0 Å². The summed E-state index contributed by atoms with van der Waals surface area (Å²) in [5.41, 5.74) is 0. The molecule has 0 aliphatic carbocycles. The molecule has 0 radical (unpaired) electrons. The Labute approximate surface area is 137 Å². The molecule has 5 nitrogen and oxygen atoms in total. The molecule has 1 fully saturated rings. The first kappa shape index (κ1) is 16.3. The standard InChI is InChI=1S/C14H15F2N3O2S2/c15-11-4-1-5-12(16)13(11)23(20,21)18-9-10-3-2-7-19(10)14-17-6-8-22-14/h1,4-6,8,10,18H,2-3,7,9H2. The predicted molar refractivity (Wildman–Crippen MR) is 84.0 cm³/mol. The maximum absolute atomic E-state index is 13.7. The van der Waals surface area contributed by atoms with Crippen molar-refractivity contribution in [1.29, 1.82) is 0 Å². The maximum Gasteiger partial charge on any atom is 0.246 e. The molecule has 9 heteroatoms. The Morgan fingerprint density at radius 3 is 2.74 bits per heavy atom. The third-order valence-corrected chi connectivity index (χ3v) is 6.02. The van der Waals surface area contributed by atoms with Gasteiger partial charge in [0.1, 0.15) is 11.6 Å². The summed E-state index contributed by atoms with van der Waals surface area (Å²) in [5.74, 6) is -2.19. The van der Waals surface area contributed by atoms with Crippen LogP contribution >= 0.6 is 11.3 Å². The van der Waals surface area contributed by atoms with Gasteiger partial charge in [0.25, 0.3) is 0 Å². The van der Waals surface area contributed by atoms with Gasteiger partial charge in [0, 0.05) is 30.7 Å². The van der Waals surface area contributed by atoms with Crippen LogP contribution < -0.4 is 9.62 Å². The normalized spacial score (nSPS) is 18.5.